The van der Waals surface area contributed by atoms with Gasteiger partial charge in [-0.2, -0.15) is 0 Å². The van der Waals surface area contributed by atoms with Crippen LogP contribution in [0.4, 0.5) is 5.69 Å². The lowest BCUT2D eigenvalue weighted by molar-refractivity contribution is -0.107. The Morgan fingerprint density at radius 1 is 1.44 bits per heavy atom. The van der Waals surface area contributed by atoms with Gasteiger partial charge in [0.25, 0.3) is 0 Å². The summed E-state index contributed by atoms with van der Waals surface area (Å²) in [6, 6.07) is 8.07. The first-order valence-corrected chi connectivity index (χ1v) is 5.32. The van der Waals surface area contributed by atoms with E-state index in [1.54, 1.807) is 6.92 Å². The van der Waals surface area contributed by atoms with Gasteiger partial charge in [-0.3, -0.25) is 5.41 Å². The molecular formula is C13H20N2O. The van der Waals surface area contributed by atoms with Crippen molar-refractivity contribution in [3.05, 3.63) is 29.8 Å². The molecule has 16 heavy (non-hydrogen) atoms. The van der Waals surface area contributed by atoms with Gasteiger partial charge in [-0.1, -0.05) is 25.1 Å². The second kappa shape index (κ2) is 7.63. The minimum atomic E-state index is 0.560. The van der Waals surface area contributed by atoms with Crippen LogP contribution in [0, 0.1) is 12.3 Å². The highest BCUT2D eigenvalue weighted by Gasteiger charge is 2.03. The van der Waals surface area contributed by atoms with Crippen LogP contribution in [0.15, 0.2) is 24.3 Å². The highest BCUT2D eigenvalue weighted by atomic mass is 16.1. The largest absolute Gasteiger partial charge is 0.333 e. The summed E-state index contributed by atoms with van der Waals surface area (Å²) < 4.78 is 0. The second-order valence-electron chi connectivity index (χ2n) is 3.51. The summed E-state index contributed by atoms with van der Waals surface area (Å²) in [7, 11) is 1.91. The Labute approximate surface area is 97.6 Å². The molecule has 0 radical (unpaired) electrons. The first-order chi connectivity index (χ1) is 7.54. The summed E-state index contributed by atoms with van der Waals surface area (Å²) in [5.41, 5.74) is 2.30. The number of nitrogens with one attached hydrogen (secondary N) is 1. The van der Waals surface area contributed by atoms with Crippen LogP contribution in [-0.2, 0) is 4.79 Å². The van der Waals surface area contributed by atoms with Gasteiger partial charge in [0.2, 0.25) is 0 Å². The fraction of sp³-hybridized carbons (Fsp3) is 0.385. The van der Waals surface area contributed by atoms with Gasteiger partial charge in [0.1, 0.15) is 6.29 Å². The molecule has 1 aromatic rings. The maximum Gasteiger partial charge on any atom is 0.119 e. The van der Waals surface area contributed by atoms with E-state index in [0.29, 0.717) is 12.3 Å². The molecule has 0 bridgehead atoms. The predicted octanol–water partition coefficient (Wildman–Crippen LogP) is 3.02. The summed E-state index contributed by atoms with van der Waals surface area (Å²) >= 11 is 0. The van der Waals surface area contributed by atoms with Crippen LogP contribution in [0.5, 0.6) is 0 Å². The van der Waals surface area contributed by atoms with Crippen LogP contribution in [-0.4, -0.2) is 19.2 Å². The maximum atomic E-state index is 9.17. The van der Waals surface area contributed by atoms with Gasteiger partial charge in [-0.15, -0.1) is 0 Å². The lowest BCUT2D eigenvalue weighted by Crippen LogP contribution is -2.22. The number of hydrogen-bond acceptors (Lipinski definition) is 2. The molecule has 3 nitrogen and oxygen atoms in total. The number of hydrogen-bond donors (Lipinski definition) is 1. The second-order valence-corrected chi connectivity index (χ2v) is 3.51. The quantitative estimate of drug-likeness (QED) is 0.473. The third-order valence-corrected chi connectivity index (χ3v) is 2.15. The van der Waals surface area contributed by atoms with Crippen LogP contribution in [0.2, 0.25) is 0 Å². The van der Waals surface area contributed by atoms with E-state index in [0.717, 1.165) is 12.0 Å². The monoisotopic (exact) mass is 220 g/mol. The van der Waals surface area contributed by atoms with Crippen LogP contribution in [0.25, 0.3) is 0 Å². The van der Waals surface area contributed by atoms with E-state index < -0.39 is 0 Å². The molecule has 0 unspecified atom stereocenters. The Balaban J connectivity index is 0.000000487. The lowest BCUT2D eigenvalue weighted by atomic mass is 10.2. The molecule has 88 valence electrons. The Morgan fingerprint density at radius 2 is 1.94 bits per heavy atom. The van der Waals surface area contributed by atoms with Crippen molar-refractivity contribution in [3.63, 3.8) is 0 Å². The van der Waals surface area contributed by atoms with Crippen molar-refractivity contribution >= 4 is 17.8 Å². The summed E-state index contributed by atoms with van der Waals surface area (Å²) in [5, 5.41) is 7.46. The van der Waals surface area contributed by atoms with E-state index >= 15 is 0 Å². The molecule has 0 heterocycles. The zero-order valence-electron chi connectivity index (χ0n) is 10.4. The van der Waals surface area contributed by atoms with Gasteiger partial charge in [0, 0.05) is 19.2 Å². The molecule has 0 saturated heterocycles. The summed E-state index contributed by atoms with van der Waals surface area (Å²) in [6.07, 6.45) is 1.51. The number of carbonyl (C=O) groups is 1. The average molecular weight is 220 g/mol. The Kier molecular flexibility index (Phi) is 6.84. The number of carbonyl (C=O) groups excluding carboxylic acids is 1. The third kappa shape index (κ3) is 4.73. The number of anilines is 1. The molecule has 1 aromatic carbocycles. The van der Waals surface area contributed by atoms with Gasteiger partial charge in [0.05, 0.1) is 5.84 Å². The number of benzene rings is 1. The third-order valence-electron chi connectivity index (χ3n) is 2.15. The highest BCUT2D eigenvalue weighted by molar-refractivity contribution is 5.93. The molecule has 1 N–H and O–H groups in total. The van der Waals surface area contributed by atoms with Crippen molar-refractivity contribution in [2.75, 3.05) is 11.9 Å². The van der Waals surface area contributed by atoms with Crippen molar-refractivity contribution in [3.8, 4) is 0 Å². The van der Waals surface area contributed by atoms with Crippen molar-refractivity contribution < 1.29 is 4.79 Å². The lowest BCUT2D eigenvalue weighted by Gasteiger charge is -2.19. The topological polar surface area (TPSA) is 44.2 Å². The van der Waals surface area contributed by atoms with Crippen LogP contribution >= 0.6 is 0 Å². The van der Waals surface area contributed by atoms with Gasteiger partial charge >= 0.3 is 0 Å². The molecule has 0 spiro atoms. The number of rotatable bonds is 2. The molecule has 0 aliphatic rings. The van der Waals surface area contributed by atoms with E-state index in [1.807, 2.05) is 37.1 Å². The molecule has 0 amide bonds. The summed E-state index contributed by atoms with van der Waals surface area (Å²) in [4.78, 5) is 11.0. The zero-order chi connectivity index (χ0) is 12.6. The zero-order valence-corrected chi connectivity index (χ0v) is 10.4. The molecule has 0 aliphatic heterocycles. The van der Waals surface area contributed by atoms with Gasteiger partial charge in [-0.05, 0) is 25.5 Å². The van der Waals surface area contributed by atoms with Gasteiger partial charge < -0.3 is 9.69 Å². The van der Waals surface area contributed by atoms with Gasteiger partial charge in [-0.25, -0.2) is 0 Å². The van der Waals surface area contributed by atoms with Crippen molar-refractivity contribution in [1.29, 1.82) is 5.41 Å². The number of amidine groups is 1. The van der Waals surface area contributed by atoms with E-state index in [2.05, 4.69) is 13.0 Å². The van der Waals surface area contributed by atoms with E-state index in [-0.39, 0.29) is 0 Å². The van der Waals surface area contributed by atoms with Crippen LogP contribution in [0.1, 0.15) is 25.8 Å². The Bertz CT molecular complexity index is 348. The Morgan fingerprint density at radius 3 is 2.31 bits per heavy atom. The molecule has 1 rings (SSSR count). The average Bonchev–Trinajstić information content (AvgIpc) is 2.29. The van der Waals surface area contributed by atoms with E-state index in [1.165, 1.54) is 5.56 Å². The summed E-state index contributed by atoms with van der Waals surface area (Å²) in [5.74, 6) is 0.560. The van der Waals surface area contributed by atoms with Crippen LogP contribution < -0.4 is 4.90 Å². The van der Waals surface area contributed by atoms with Crippen LogP contribution in [0.3, 0.4) is 0 Å². The highest BCUT2D eigenvalue weighted by Crippen LogP contribution is 2.17. The predicted molar refractivity (Wildman–Crippen MR) is 69.3 cm³/mol. The minimum absolute atomic E-state index is 0.560. The molecule has 0 aromatic heterocycles. The number of aldehydes is 1. The SMILES string of the molecule is CC(=N)N(C)c1ccccc1C.CCC=O. The van der Waals surface area contributed by atoms with Crippen molar-refractivity contribution in [2.24, 2.45) is 0 Å². The molecular weight excluding hydrogens is 200 g/mol. The molecule has 0 fully saturated rings. The molecule has 0 aliphatic carbocycles. The number of para-hydroxylation sites is 1. The van der Waals surface area contributed by atoms with Crippen molar-refractivity contribution in [1.82, 2.24) is 0 Å². The number of nitrogens with zero attached hydrogens (tertiary/aromatic N) is 1. The normalized spacial score (nSPS) is 8.75. The standard InChI is InChI=1S/C10H14N2.C3H6O/c1-8-6-4-5-7-10(8)12(3)9(2)11;1-2-3-4/h4-7,11H,1-3H3;3H,2H2,1H3. The maximum absolute atomic E-state index is 9.17. The van der Waals surface area contributed by atoms with E-state index in [4.69, 9.17) is 5.41 Å². The smallest absolute Gasteiger partial charge is 0.119 e. The number of aryl methyl sites for hydroxylation is 1. The molecule has 3 heteroatoms. The molecule has 0 saturated carbocycles. The Hall–Kier alpha value is -1.64. The summed E-state index contributed by atoms with van der Waals surface area (Å²) in [6.45, 7) is 5.65. The molecule has 0 atom stereocenters. The van der Waals surface area contributed by atoms with Gasteiger partial charge in [0.15, 0.2) is 0 Å². The first kappa shape index (κ1) is 14.4. The fourth-order valence-corrected chi connectivity index (χ4v) is 1.12. The minimum Gasteiger partial charge on any atom is -0.333 e. The van der Waals surface area contributed by atoms with Crippen molar-refractivity contribution in [2.45, 2.75) is 27.2 Å². The first-order valence-electron chi connectivity index (χ1n) is 5.32. The van der Waals surface area contributed by atoms with E-state index in [9.17, 15) is 4.79 Å². The fourth-order valence-electron chi connectivity index (χ4n) is 1.12.